The van der Waals surface area contributed by atoms with E-state index in [-0.39, 0.29) is 23.7 Å². The molecule has 0 atom stereocenters. The number of ether oxygens (including phenoxy) is 5. The molecule has 0 aliphatic carbocycles. The Morgan fingerprint density at radius 1 is 0.800 bits per heavy atom. The van der Waals surface area contributed by atoms with Gasteiger partial charge in [-0.3, -0.25) is 9.59 Å². The van der Waals surface area contributed by atoms with E-state index in [0.717, 1.165) is 21.8 Å². The molecule has 1 amide bonds. The second kappa shape index (κ2) is 14.4. The summed E-state index contributed by atoms with van der Waals surface area (Å²) in [6.07, 6.45) is 1.67. The minimum atomic E-state index is -0.496. The fourth-order valence-corrected chi connectivity index (χ4v) is 5.80. The molecule has 0 aliphatic rings. The van der Waals surface area contributed by atoms with Crippen LogP contribution in [0.1, 0.15) is 23.7 Å². The van der Waals surface area contributed by atoms with Gasteiger partial charge in [0.25, 0.3) is 5.91 Å². The van der Waals surface area contributed by atoms with Gasteiger partial charge in [-0.1, -0.05) is 36.4 Å². The molecule has 4 aromatic carbocycles. The number of fused-ring (bicyclic) bond motifs is 3. The van der Waals surface area contributed by atoms with Crippen molar-refractivity contribution in [2.45, 2.75) is 13.5 Å². The van der Waals surface area contributed by atoms with Crippen LogP contribution in [0.2, 0.25) is 0 Å². The van der Waals surface area contributed by atoms with Gasteiger partial charge < -0.3 is 34.0 Å². The van der Waals surface area contributed by atoms with Crippen molar-refractivity contribution in [3.63, 3.8) is 0 Å². The first-order valence-electron chi connectivity index (χ1n) is 15.6. The van der Waals surface area contributed by atoms with E-state index in [4.69, 9.17) is 28.7 Å². The fourth-order valence-electron chi connectivity index (χ4n) is 5.80. The minimum Gasteiger partial charge on any atom is -0.493 e. The van der Waals surface area contributed by atoms with E-state index in [1.165, 1.54) is 47.5 Å². The second-order valence-electron chi connectivity index (χ2n) is 11.2. The number of halogens is 1. The van der Waals surface area contributed by atoms with Gasteiger partial charge in [0.1, 0.15) is 5.82 Å². The number of nitrogens with one attached hydrogen (secondary N) is 2. The third-order valence-electron chi connectivity index (χ3n) is 8.05. The highest BCUT2D eigenvalue weighted by atomic mass is 19.1. The molecule has 10 nitrogen and oxygen atoms in total. The van der Waals surface area contributed by atoms with E-state index in [9.17, 15) is 14.0 Å². The fraction of sp³-hybridized carbons (Fsp3) is 0.154. The molecular weight excluding hydrogens is 641 g/mol. The Labute approximate surface area is 287 Å². The van der Waals surface area contributed by atoms with Gasteiger partial charge in [0.15, 0.2) is 23.0 Å². The lowest BCUT2D eigenvalue weighted by atomic mass is 10.00. The van der Waals surface area contributed by atoms with Crippen LogP contribution in [0.5, 0.6) is 28.7 Å². The summed E-state index contributed by atoms with van der Waals surface area (Å²) in [7, 11) is 5.94. The zero-order valence-corrected chi connectivity index (χ0v) is 28.1. The summed E-state index contributed by atoms with van der Waals surface area (Å²) in [5, 5.41) is 4.87. The Morgan fingerprint density at radius 3 is 2.22 bits per heavy atom. The third kappa shape index (κ3) is 6.79. The predicted molar refractivity (Wildman–Crippen MR) is 189 cm³/mol. The third-order valence-corrected chi connectivity index (χ3v) is 8.05. The zero-order chi connectivity index (χ0) is 35.4. The number of methoxy groups -OCH3 is 4. The lowest BCUT2D eigenvalue weighted by Crippen LogP contribution is -2.24. The molecule has 11 heteroatoms. The number of hydrogen-bond donors (Lipinski definition) is 2. The normalized spacial score (nSPS) is 11.4. The van der Waals surface area contributed by atoms with Crippen molar-refractivity contribution in [3.8, 4) is 40.0 Å². The SMILES string of the molecule is COc1cc(/C=C(/C(=O)NCc2cc3c([nH]c4ccccc43)c(-c3cccc(F)c3)n2)c2cc(OC)c(OC)c(OC)c2)ccc1OC(C)=O. The van der Waals surface area contributed by atoms with Gasteiger partial charge in [0.2, 0.25) is 5.75 Å². The van der Waals surface area contributed by atoms with Crippen LogP contribution in [0, 0.1) is 5.82 Å². The molecule has 0 saturated heterocycles. The number of amides is 1. The maximum Gasteiger partial charge on any atom is 0.308 e. The highest BCUT2D eigenvalue weighted by molar-refractivity contribution is 6.24. The van der Waals surface area contributed by atoms with Gasteiger partial charge in [-0.2, -0.15) is 0 Å². The van der Waals surface area contributed by atoms with Crippen molar-refractivity contribution in [1.82, 2.24) is 15.3 Å². The maximum atomic E-state index is 14.4. The molecule has 0 saturated carbocycles. The molecule has 0 fully saturated rings. The minimum absolute atomic E-state index is 0.0487. The number of carbonyl (C=O) groups is 2. The van der Waals surface area contributed by atoms with Gasteiger partial charge in [-0.25, -0.2) is 9.37 Å². The molecule has 6 aromatic rings. The monoisotopic (exact) mass is 675 g/mol. The average molecular weight is 676 g/mol. The number of H-pyrrole nitrogens is 1. The molecule has 2 aromatic heterocycles. The first-order valence-corrected chi connectivity index (χ1v) is 15.6. The van der Waals surface area contributed by atoms with E-state index in [2.05, 4.69) is 10.3 Å². The van der Waals surface area contributed by atoms with Crippen LogP contribution in [0.15, 0.2) is 84.9 Å². The van der Waals surface area contributed by atoms with Crippen molar-refractivity contribution in [3.05, 3.63) is 108 Å². The van der Waals surface area contributed by atoms with Crippen LogP contribution in [0.25, 0.3) is 44.7 Å². The van der Waals surface area contributed by atoms with Crippen LogP contribution in [0.4, 0.5) is 4.39 Å². The van der Waals surface area contributed by atoms with Crippen LogP contribution in [-0.2, 0) is 16.1 Å². The summed E-state index contributed by atoms with van der Waals surface area (Å²) in [6.45, 7) is 1.35. The number of rotatable bonds is 11. The van der Waals surface area contributed by atoms with E-state index in [1.54, 1.807) is 48.5 Å². The molecule has 2 N–H and O–H groups in total. The Bertz CT molecular complexity index is 2250. The summed E-state index contributed by atoms with van der Waals surface area (Å²) in [4.78, 5) is 34.1. The predicted octanol–water partition coefficient (Wildman–Crippen LogP) is 7.34. The van der Waals surface area contributed by atoms with Crippen molar-refractivity contribution >= 4 is 45.3 Å². The van der Waals surface area contributed by atoms with Crippen LogP contribution in [0.3, 0.4) is 0 Å². The van der Waals surface area contributed by atoms with Crippen molar-refractivity contribution in [1.29, 1.82) is 0 Å². The van der Waals surface area contributed by atoms with Gasteiger partial charge in [0, 0.05) is 34.3 Å². The van der Waals surface area contributed by atoms with E-state index >= 15 is 0 Å². The molecule has 2 heterocycles. The van der Waals surface area contributed by atoms with Crippen molar-refractivity contribution in [2.75, 3.05) is 28.4 Å². The number of para-hydroxylation sites is 1. The molecular formula is C39H34FN3O7. The van der Waals surface area contributed by atoms with Gasteiger partial charge in [0.05, 0.1) is 51.9 Å². The first-order chi connectivity index (χ1) is 24.2. The Morgan fingerprint density at radius 2 is 1.54 bits per heavy atom. The largest absolute Gasteiger partial charge is 0.493 e. The summed E-state index contributed by atoms with van der Waals surface area (Å²) in [5.41, 5.74) is 4.70. The van der Waals surface area contributed by atoms with E-state index in [0.29, 0.717) is 51.1 Å². The first kappa shape index (κ1) is 33.5. The van der Waals surface area contributed by atoms with Crippen LogP contribution in [-0.4, -0.2) is 50.3 Å². The van der Waals surface area contributed by atoms with Crippen LogP contribution < -0.4 is 29.0 Å². The summed E-state index contributed by atoms with van der Waals surface area (Å²) < 4.78 is 41.7. The van der Waals surface area contributed by atoms with Crippen LogP contribution >= 0.6 is 0 Å². The van der Waals surface area contributed by atoms with Gasteiger partial charge in [-0.05, 0) is 65.7 Å². The zero-order valence-electron chi connectivity index (χ0n) is 28.1. The van der Waals surface area contributed by atoms with E-state index < -0.39 is 11.9 Å². The molecule has 0 spiro atoms. The Kier molecular flexibility index (Phi) is 9.66. The molecule has 6 rings (SSSR count). The number of benzene rings is 4. The highest BCUT2D eigenvalue weighted by Crippen LogP contribution is 2.41. The topological polar surface area (TPSA) is 121 Å². The Hall–Kier alpha value is -6.36. The van der Waals surface area contributed by atoms with Gasteiger partial charge >= 0.3 is 5.97 Å². The molecule has 0 unspecified atom stereocenters. The molecule has 50 heavy (non-hydrogen) atoms. The maximum absolute atomic E-state index is 14.4. The lowest BCUT2D eigenvalue weighted by Gasteiger charge is -2.16. The van der Waals surface area contributed by atoms with Crippen molar-refractivity contribution in [2.24, 2.45) is 0 Å². The summed E-state index contributed by atoms with van der Waals surface area (Å²) in [5.74, 6) is 0.309. The smallest absolute Gasteiger partial charge is 0.308 e. The van der Waals surface area contributed by atoms with Crippen molar-refractivity contribution < 1.29 is 37.7 Å². The number of hydrogen-bond acceptors (Lipinski definition) is 8. The summed E-state index contributed by atoms with van der Waals surface area (Å²) >= 11 is 0. The molecule has 0 bridgehead atoms. The number of nitrogens with zero attached hydrogens (tertiary/aromatic N) is 1. The quantitative estimate of drug-likeness (QED) is 0.0634. The molecule has 0 radical (unpaired) electrons. The average Bonchev–Trinajstić information content (AvgIpc) is 3.50. The van der Waals surface area contributed by atoms with E-state index in [1.807, 2.05) is 30.3 Å². The standard InChI is InChI=1S/C39H34FN3O7/c1-22(44)50-32-14-13-23(16-33(32)46-2)15-29(25-18-34(47-3)38(49-5)35(19-25)48-4)39(45)41-21-27-20-30-28-11-6-7-12-31(28)43-37(30)36(42-27)24-9-8-10-26(40)17-24/h6-20,43H,21H2,1-5H3,(H,41,45)/b29-15+. The number of esters is 1. The number of carbonyl (C=O) groups excluding carboxylic acids is 2. The van der Waals surface area contributed by atoms with Gasteiger partial charge in [-0.15, -0.1) is 0 Å². The summed E-state index contributed by atoms with van der Waals surface area (Å²) in [6, 6.07) is 24.3. The molecule has 0 aliphatic heterocycles. The highest BCUT2D eigenvalue weighted by Gasteiger charge is 2.21. The lowest BCUT2D eigenvalue weighted by molar-refractivity contribution is -0.132. The Balaban J connectivity index is 1.43. The number of aromatic amines is 1. The number of aromatic nitrogens is 2. The second-order valence-corrected chi connectivity index (χ2v) is 11.2. The number of pyridine rings is 1. The molecule has 254 valence electrons.